The van der Waals surface area contributed by atoms with Gasteiger partial charge in [-0.25, -0.2) is 13.2 Å². The molecule has 1 aromatic heterocycles. The Morgan fingerprint density at radius 3 is 2.47 bits per heavy atom. The van der Waals surface area contributed by atoms with Gasteiger partial charge in [-0.15, -0.1) is 3.97 Å². The summed E-state index contributed by atoms with van der Waals surface area (Å²) in [5.41, 5.74) is 4.46. The molecule has 0 aliphatic rings. The fraction of sp³-hybridized carbons (Fsp3) is 0.100. The van der Waals surface area contributed by atoms with E-state index in [4.69, 9.17) is 17.3 Å². The zero-order valence-corrected chi connectivity index (χ0v) is 11.3. The van der Waals surface area contributed by atoms with Gasteiger partial charge in [-0.3, -0.25) is 0 Å². The lowest BCUT2D eigenvalue weighted by molar-refractivity contribution is 0.583. The van der Waals surface area contributed by atoms with Crippen LogP contribution in [0.15, 0.2) is 34.0 Å². The van der Waals surface area contributed by atoms with E-state index in [1.54, 1.807) is 6.07 Å². The van der Waals surface area contributed by atoms with Gasteiger partial charge in [-0.05, 0) is 19.1 Å². The number of halogens is 1. The van der Waals surface area contributed by atoms with Crippen molar-refractivity contribution in [2.75, 3.05) is 5.73 Å². The van der Waals surface area contributed by atoms with Gasteiger partial charge in [0.25, 0.3) is 10.0 Å². The summed E-state index contributed by atoms with van der Waals surface area (Å²) in [4.78, 5) is 18.6. The number of nitrogen functional groups attached to an aromatic ring is 1. The molecule has 0 saturated carbocycles. The summed E-state index contributed by atoms with van der Waals surface area (Å²) in [5.74, 6) is -0.370. The maximum absolute atomic E-state index is 12.3. The molecule has 1 heterocycles. The van der Waals surface area contributed by atoms with E-state index in [9.17, 15) is 13.2 Å². The highest BCUT2D eigenvalue weighted by Crippen LogP contribution is 2.22. The standard InChI is InChI=1S/C10H9ClN4O3S/c1-6-13-9(12)15(10(16)14-6)19(17,18)8-5-3-2-4-7(8)11/h2-5H,1H3,(H2,12,13,14,16). The topological polar surface area (TPSA) is 108 Å². The van der Waals surface area contributed by atoms with Crippen molar-refractivity contribution in [1.82, 2.24) is 13.9 Å². The third-order valence-corrected chi connectivity index (χ3v) is 4.45. The molecule has 0 atom stereocenters. The number of hydrogen-bond acceptors (Lipinski definition) is 6. The van der Waals surface area contributed by atoms with Crippen molar-refractivity contribution in [3.05, 3.63) is 45.6 Å². The Balaban J connectivity index is 2.79. The lowest BCUT2D eigenvalue weighted by Gasteiger charge is -2.10. The fourth-order valence-corrected chi connectivity index (χ4v) is 3.22. The first-order chi connectivity index (χ1) is 8.84. The molecule has 2 N–H and O–H groups in total. The second kappa shape index (κ2) is 4.63. The third kappa shape index (κ3) is 2.32. The molecule has 19 heavy (non-hydrogen) atoms. The highest BCUT2D eigenvalue weighted by Gasteiger charge is 2.24. The van der Waals surface area contributed by atoms with Crippen molar-refractivity contribution >= 4 is 27.6 Å². The second-order valence-corrected chi connectivity index (χ2v) is 5.77. The molecule has 0 bridgehead atoms. The average molecular weight is 301 g/mol. The van der Waals surface area contributed by atoms with Gasteiger partial charge >= 0.3 is 5.69 Å². The number of rotatable bonds is 2. The number of anilines is 1. The smallest absolute Gasteiger partial charge is 0.366 e. The molecule has 0 fully saturated rings. The van der Waals surface area contributed by atoms with Crippen LogP contribution in [-0.2, 0) is 10.0 Å². The van der Waals surface area contributed by atoms with Gasteiger partial charge < -0.3 is 5.73 Å². The Morgan fingerprint density at radius 2 is 1.89 bits per heavy atom. The molecule has 2 aromatic rings. The van der Waals surface area contributed by atoms with E-state index in [2.05, 4.69) is 9.97 Å². The van der Waals surface area contributed by atoms with Crippen LogP contribution in [-0.4, -0.2) is 22.4 Å². The number of benzene rings is 1. The lowest BCUT2D eigenvalue weighted by atomic mass is 10.4. The van der Waals surface area contributed by atoms with Gasteiger partial charge in [-0.1, -0.05) is 23.7 Å². The Labute approximate surface area is 113 Å². The minimum atomic E-state index is -4.23. The molecule has 1 aromatic carbocycles. The van der Waals surface area contributed by atoms with Crippen molar-refractivity contribution in [3.8, 4) is 0 Å². The first-order valence-electron chi connectivity index (χ1n) is 5.07. The van der Waals surface area contributed by atoms with E-state index in [-0.39, 0.29) is 15.7 Å². The van der Waals surface area contributed by atoms with Gasteiger partial charge in [0.05, 0.1) is 5.02 Å². The van der Waals surface area contributed by atoms with Gasteiger partial charge in [0.1, 0.15) is 10.7 Å². The van der Waals surface area contributed by atoms with E-state index < -0.39 is 21.7 Å². The van der Waals surface area contributed by atoms with E-state index in [1.807, 2.05) is 0 Å². The molecule has 0 amide bonds. The van der Waals surface area contributed by atoms with Crippen molar-refractivity contribution in [2.24, 2.45) is 0 Å². The number of nitrogens with two attached hydrogens (primary N) is 1. The molecule has 9 heteroatoms. The number of aryl methyl sites for hydroxylation is 1. The molecule has 0 saturated heterocycles. The van der Waals surface area contributed by atoms with Crippen molar-refractivity contribution in [1.29, 1.82) is 0 Å². The minimum absolute atomic E-state index is 0.0191. The highest BCUT2D eigenvalue weighted by atomic mass is 35.5. The summed E-state index contributed by atoms with van der Waals surface area (Å²) in [6, 6.07) is 5.71. The molecule has 0 spiro atoms. The SMILES string of the molecule is Cc1nc(N)n(S(=O)(=O)c2ccccc2Cl)c(=O)n1. The van der Waals surface area contributed by atoms with Gasteiger partial charge in [0.15, 0.2) is 0 Å². The average Bonchev–Trinajstić information content (AvgIpc) is 2.27. The quantitative estimate of drug-likeness (QED) is 0.861. The fourth-order valence-electron chi connectivity index (χ4n) is 1.50. The van der Waals surface area contributed by atoms with Gasteiger partial charge in [-0.2, -0.15) is 9.97 Å². The number of aromatic nitrogens is 3. The van der Waals surface area contributed by atoms with Crippen molar-refractivity contribution in [2.45, 2.75) is 11.8 Å². The molecule has 0 unspecified atom stereocenters. The number of nitrogens with zero attached hydrogens (tertiary/aromatic N) is 3. The summed E-state index contributed by atoms with van der Waals surface area (Å²) < 4.78 is 25.0. The molecular formula is C10H9ClN4O3S. The van der Waals surface area contributed by atoms with Crippen LogP contribution in [0.1, 0.15) is 5.82 Å². The highest BCUT2D eigenvalue weighted by molar-refractivity contribution is 7.90. The first kappa shape index (κ1) is 13.5. The maximum Gasteiger partial charge on any atom is 0.366 e. The van der Waals surface area contributed by atoms with Crippen LogP contribution in [0.3, 0.4) is 0 Å². The predicted molar refractivity (Wildman–Crippen MR) is 69.5 cm³/mol. The van der Waals surface area contributed by atoms with Crippen LogP contribution in [0, 0.1) is 6.92 Å². The van der Waals surface area contributed by atoms with Crippen LogP contribution in [0.2, 0.25) is 5.02 Å². The number of hydrogen-bond donors (Lipinski definition) is 1. The molecule has 0 aliphatic carbocycles. The summed E-state index contributed by atoms with van der Waals surface area (Å²) >= 11 is 5.82. The van der Waals surface area contributed by atoms with Crippen LogP contribution < -0.4 is 11.4 Å². The van der Waals surface area contributed by atoms with Crippen molar-refractivity contribution < 1.29 is 8.42 Å². The maximum atomic E-state index is 12.3. The summed E-state index contributed by atoms with van der Waals surface area (Å²) in [6.07, 6.45) is 0. The Bertz CT molecular complexity index is 801. The first-order valence-corrected chi connectivity index (χ1v) is 6.89. The van der Waals surface area contributed by atoms with E-state index in [0.717, 1.165) is 0 Å². The zero-order valence-electron chi connectivity index (χ0n) is 9.74. The van der Waals surface area contributed by atoms with Gasteiger partial charge in [0.2, 0.25) is 5.95 Å². The summed E-state index contributed by atoms with van der Waals surface area (Å²) in [6.45, 7) is 1.43. The Morgan fingerprint density at radius 1 is 1.26 bits per heavy atom. The van der Waals surface area contributed by atoms with Crippen LogP contribution in [0.5, 0.6) is 0 Å². The third-order valence-electron chi connectivity index (χ3n) is 2.27. The molecule has 100 valence electrons. The largest absolute Gasteiger partial charge is 0.368 e. The van der Waals surface area contributed by atoms with Crippen LogP contribution in [0.4, 0.5) is 5.95 Å². The molecule has 0 aliphatic heterocycles. The molecular weight excluding hydrogens is 292 g/mol. The second-order valence-electron chi connectivity index (χ2n) is 3.61. The lowest BCUT2D eigenvalue weighted by Crippen LogP contribution is -2.33. The normalized spacial score (nSPS) is 11.5. The van der Waals surface area contributed by atoms with Crippen LogP contribution in [0.25, 0.3) is 0 Å². The summed E-state index contributed by atoms with van der Waals surface area (Å²) in [7, 11) is -4.23. The minimum Gasteiger partial charge on any atom is -0.368 e. The van der Waals surface area contributed by atoms with Gasteiger partial charge in [0, 0.05) is 0 Å². The van der Waals surface area contributed by atoms with E-state index in [0.29, 0.717) is 3.97 Å². The summed E-state index contributed by atoms with van der Waals surface area (Å²) in [5, 5.41) is -0.0191. The van der Waals surface area contributed by atoms with Crippen LogP contribution >= 0.6 is 11.6 Å². The molecule has 0 radical (unpaired) electrons. The molecule has 7 nitrogen and oxygen atoms in total. The van der Waals surface area contributed by atoms with E-state index >= 15 is 0 Å². The molecule has 2 rings (SSSR count). The Kier molecular flexibility index (Phi) is 3.29. The zero-order chi connectivity index (χ0) is 14.2. The van der Waals surface area contributed by atoms with Crippen molar-refractivity contribution in [3.63, 3.8) is 0 Å². The Hall–Kier alpha value is -1.93. The predicted octanol–water partition coefficient (Wildman–Crippen LogP) is 0.419. The monoisotopic (exact) mass is 300 g/mol. The van der Waals surface area contributed by atoms with E-state index in [1.165, 1.54) is 25.1 Å².